The Morgan fingerprint density at radius 3 is 2.25 bits per heavy atom. The quantitative estimate of drug-likeness (QED) is 0.321. The molecule has 1 N–H and O–H groups in total. The molecular formula is C27H31N3O5S. The van der Waals surface area contributed by atoms with E-state index < -0.39 is 22.5 Å². The molecule has 0 aromatic heterocycles. The van der Waals surface area contributed by atoms with E-state index in [1.165, 1.54) is 44.2 Å². The molecule has 0 bridgehead atoms. The van der Waals surface area contributed by atoms with E-state index >= 15 is 0 Å². The molecule has 0 radical (unpaired) electrons. The van der Waals surface area contributed by atoms with Gasteiger partial charge in [0.25, 0.3) is 15.9 Å². The number of ether oxygens (including phenoxy) is 2. The minimum absolute atomic E-state index is 0.0486. The van der Waals surface area contributed by atoms with Crippen LogP contribution in [0.2, 0.25) is 0 Å². The number of nitrogens with zero attached hydrogens (tertiary/aromatic N) is 2. The number of methoxy groups -OCH3 is 2. The second kappa shape index (κ2) is 11.7. The molecule has 0 saturated carbocycles. The van der Waals surface area contributed by atoms with E-state index in [2.05, 4.69) is 24.4 Å². The first kappa shape index (κ1) is 26.7. The highest BCUT2D eigenvalue weighted by atomic mass is 32.2. The summed E-state index contributed by atoms with van der Waals surface area (Å²) in [6.07, 6.45) is 1.51. The number of amides is 1. The minimum Gasteiger partial charge on any atom is -0.497 e. The predicted molar refractivity (Wildman–Crippen MR) is 142 cm³/mol. The van der Waals surface area contributed by atoms with Crippen molar-refractivity contribution in [2.24, 2.45) is 5.10 Å². The van der Waals surface area contributed by atoms with Crippen LogP contribution in [0.15, 0.2) is 76.7 Å². The van der Waals surface area contributed by atoms with E-state index in [0.717, 1.165) is 15.4 Å². The van der Waals surface area contributed by atoms with Gasteiger partial charge in [-0.15, -0.1) is 0 Å². The molecule has 8 nitrogen and oxygen atoms in total. The maximum Gasteiger partial charge on any atom is 0.264 e. The fourth-order valence-electron chi connectivity index (χ4n) is 3.44. The van der Waals surface area contributed by atoms with Gasteiger partial charge >= 0.3 is 0 Å². The van der Waals surface area contributed by atoms with Crippen LogP contribution in [0.3, 0.4) is 0 Å². The molecule has 0 heterocycles. The smallest absolute Gasteiger partial charge is 0.264 e. The van der Waals surface area contributed by atoms with Crippen LogP contribution in [0.25, 0.3) is 0 Å². The number of rotatable bonds is 10. The number of benzene rings is 3. The molecule has 3 aromatic carbocycles. The molecular weight excluding hydrogens is 478 g/mol. The van der Waals surface area contributed by atoms with Gasteiger partial charge in [0, 0.05) is 6.07 Å². The Hall–Kier alpha value is -3.85. The van der Waals surface area contributed by atoms with Gasteiger partial charge in [0.05, 0.1) is 31.0 Å². The van der Waals surface area contributed by atoms with Crippen LogP contribution in [-0.4, -0.2) is 41.3 Å². The van der Waals surface area contributed by atoms with Gasteiger partial charge in [0.2, 0.25) is 0 Å². The lowest BCUT2D eigenvalue weighted by Crippen LogP contribution is -2.39. The van der Waals surface area contributed by atoms with Crippen molar-refractivity contribution in [1.82, 2.24) is 5.43 Å². The van der Waals surface area contributed by atoms with Crippen molar-refractivity contribution in [2.45, 2.75) is 31.6 Å². The van der Waals surface area contributed by atoms with E-state index in [-0.39, 0.29) is 16.3 Å². The van der Waals surface area contributed by atoms with E-state index in [1.54, 1.807) is 24.3 Å². The first-order chi connectivity index (χ1) is 17.1. The largest absolute Gasteiger partial charge is 0.497 e. The van der Waals surface area contributed by atoms with Crippen LogP contribution in [0.5, 0.6) is 11.5 Å². The molecule has 9 heteroatoms. The van der Waals surface area contributed by atoms with Gasteiger partial charge in [-0.2, -0.15) is 5.10 Å². The molecule has 1 amide bonds. The second-order valence-electron chi connectivity index (χ2n) is 8.48. The number of nitrogens with one attached hydrogen (secondary N) is 1. The standard InChI is InChI=1S/C27H31N3O5S/c1-19(2)22-10-8-21(9-11-22)17-28-29-27(31)18-30(25-15-12-23(34-4)16-26(25)35-5)36(32,33)24-13-6-20(3)7-14-24/h6-17,19H,18H2,1-5H3,(H,29,31)/b28-17-. The highest BCUT2D eigenvalue weighted by Crippen LogP contribution is 2.35. The monoisotopic (exact) mass is 509 g/mol. The molecule has 0 aliphatic heterocycles. The summed E-state index contributed by atoms with van der Waals surface area (Å²) in [5.41, 5.74) is 5.53. The number of anilines is 1. The second-order valence-corrected chi connectivity index (χ2v) is 10.3. The number of aryl methyl sites for hydroxylation is 1. The summed E-state index contributed by atoms with van der Waals surface area (Å²) in [7, 11) is -1.19. The highest BCUT2D eigenvalue weighted by Gasteiger charge is 2.29. The van der Waals surface area contributed by atoms with Crippen molar-refractivity contribution >= 4 is 27.8 Å². The van der Waals surface area contributed by atoms with Crippen LogP contribution < -0.4 is 19.2 Å². The van der Waals surface area contributed by atoms with Crippen LogP contribution in [0.1, 0.15) is 36.5 Å². The Balaban J connectivity index is 1.88. The number of sulfonamides is 1. The molecule has 0 unspecified atom stereocenters. The summed E-state index contributed by atoms with van der Waals surface area (Å²) in [4.78, 5) is 12.9. The van der Waals surface area contributed by atoms with Crippen molar-refractivity contribution < 1.29 is 22.7 Å². The highest BCUT2D eigenvalue weighted by molar-refractivity contribution is 7.92. The molecule has 0 aliphatic rings. The van der Waals surface area contributed by atoms with Gasteiger partial charge in [-0.25, -0.2) is 13.8 Å². The minimum atomic E-state index is -4.11. The molecule has 0 atom stereocenters. The zero-order chi connectivity index (χ0) is 26.3. The van der Waals surface area contributed by atoms with E-state index in [9.17, 15) is 13.2 Å². The van der Waals surface area contributed by atoms with E-state index in [1.807, 2.05) is 31.2 Å². The summed E-state index contributed by atoms with van der Waals surface area (Å²) in [5, 5.41) is 4.00. The first-order valence-electron chi connectivity index (χ1n) is 11.4. The van der Waals surface area contributed by atoms with Crippen molar-refractivity contribution in [1.29, 1.82) is 0 Å². The molecule has 0 fully saturated rings. The number of hydrogen-bond acceptors (Lipinski definition) is 6. The van der Waals surface area contributed by atoms with Gasteiger partial charge < -0.3 is 9.47 Å². The lowest BCUT2D eigenvalue weighted by Gasteiger charge is -2.25. The number of hydrazone groups is 1. The van der Waals surface area contributed by atoms with E-state index in [4.69, 9.17) is 9.47 Å². The van der Waals surface area contributed by atoms with Gasteiger partial charge in [0.1, 0.15) is 18.0 Å². The third-order valence-corrected chi connectivity index (χ3v) is 7.33. The van der Waals surface area contributed by atoms with Crippen molar-refractivity contribution in [3.05, 3.63) is 83.4 Å². The average Bonchev–Trinajstić information content (AvgIpc) is 2.87. The number of hydrogen-bond donors (Lipinski definition) is 1. The van der Waals surface area contributed by atoms with Crippen molar-refractivity contribution in [3.63, 3.8) is 0 Å². The summed E-state index contributed by atoms with van der Waals surface area (Å²) in [5.74, 6) is 0.526. The molecule has 36 heavy (non-hydrogen) atoms. The van der Waals surface area contributed by atoms with Crippen LogP contribution >= 0.6 is 0 Å². The zero-order valence-electron chi connectivity index (χ0n) is 21.1. The molecule has 0 saturated heterocycles. The fourth-order valence-corrected chi connectivity index (χ4v) is 4.87. The first-order valence-corrected chi connectivity index (χ1v) is 12.8. The Labute approximate surface area is 212 Å². The van der Waals surface area contributed by atoms with Crippen LogP contribution in [-0.2, 0) is 14.8 Å². The number of carbonyl (C=O) groups excluding carboxylic acids is 1. The predicted octanol–water partition coefficient (Wildman–Crippen LogP) is 4.48. The molecule has 0 aliphatic carbocycles. The zero-order valence-corrected chi connectivity index (χ0v) is 21.9. The third kappa shape index (κ3) is 6.42. The summed E-state index contributed by atoms with van der Waals surface area (Å²) < 4.78 is 38.9. The lowest BCUT2D eigenvalue weighted by atomic mass is 10.0. The summed E-state index contributed by atoms with van der Waals surface area (Å²) in [6, 6.07) is 18.9. The van der Waals surface area contributed by atoms with Crippen molar-refractivity contribution in [3.8, 4) is 11.5 Å². The normalized spacial score (nSPS) is 11.5. The molecule has 3 rings (SSSR count). The van der Waals surface area contributed by atoms with Crippen LogP contribution in [0.4, 0.5) is 5.69 Å². The average molecular weight is 510 g/mol. The fraction of sp³-hybridized carbons (Fsp3) is 0.259. The number of carbonyl (C=O) groups is 1. The lowest BCUT2D eigenvalue weighted by molar-refractivity contribution is -0.119. The third-order valence-electron chi connectivity index (χ3n) is 5.56. The Morgan fingerprint density at radius 1 is 1.00 bits per heavy atom. The molecule has 190 valence electrons. The van der Waals surface area contributed by atoms with Gasteiger partial charge in [0.15, 0.2) is 0 Å². The summed E-state index contributed by atoms with van der Waals surface area (Å²) in [6.45, 7) is 5.57. The molecule has 0 spiro atoms. The van der Waals surface area contributed by atoms with Crippen molar-refractivity contribution in [2.75, 3.05) is 25.1 Å². The van der Waals surface area contributed by atoms with E-state index in [0.29, 0.717) is 11.7 Å². The Bertz CT molecular complexity index is 1320. The van der Waals surface area contributed by atoms with Gasteiger partial charge in [-0.3, -0.25) is 9.10 Å². The Morgan fingerprint density at radius 2 is 1.67 bits per heavy atom. The summed E-state index contributed by atoms with van der Waals surface area (Å²) >= 11 is 0. The van der Waals surface area contributed by atoms with Gasteiger partial charge in [-0.1, -0.05) is 55.8 Å². The topological polar surface area (TPSA) is 97.3 Å². The Kier molecular flexibility index (Phi) is 8.71. The maximum atomic E-state index is 13.6. The molecule has 3 aromatic rings. The van der Waals surface area contributed by atoms with Gasteiger partial charge in [-0.05, 0) is 48.2 Å². The maximum absolute atomic E-state index is 13.6. The SMILES string of the molecule is COc1ccc(N(CC(=O)N/N=C\c2ccc(C(C)C)cc2)S(=O)(=O)c2ccc(C)cc2)c(OC)c1. The van der Waals surface area contributed by atoms with Crippen LogP contribution in [0, 0.1) is 6.92 Å².